The maximum absolute atomic E-state index is 9.13. The minimum Gasteiger partial charge on any atom is -0.395 e. The second kappa shape index (κ2) is 5.07. The molecule has 2 fully saturated rings. The highest BCUT2D eigenvalue weighted by Gasteiger charge is 2.43. The van der Waals surface area contributed by atoms with E-state index >= 15 is 0 Å². The average molecular weight is 229 g/mol. The van der Waals surface area contributed by atoms with Crippen molar-refractivity contribution in [3.63, 3.8) is 0 Å². The van der Waals surface area contributed by atoms with E-state index in [-0.39, 0.29) is 0 Å². The molecule has 2 rings (SSSR count). The molecule has 88 valence electrons. The van der Waals surface area contributed by atoms with Gasteiger partial charge in [0.25, 0.3) is 0 Å². The molecule has 0 bridgehead atoms. The highest BCUT2D eigenvalue weighted by Crippen LogP contribution is 2.47. The van der Waals surface area contributed by atoms with Gasteiger partial charge in [0.15, 0.2) is 0 Å². The summed E-state index contributed by atoms with van der Waals surface area (Å²) in [5.41, 5.74) is 0.501. The summed E-state index contributed by atoms with van der Waals surface area (Å²) in [6.45, 7) is 2.33. The summed E-state index contributed by atoms with van der Waals surface area (Å²) in [7, 11) is 0. The number of thiol groups is 1. The van der Waals surface area contributed by atoms with Crippen LogP contribution in [0, 0.1) is 5.41 Å². The number of aliphatic hydroxyl groups excluding tert-OH is 1. The fourth-order valence-corrected chi connectivity index (χ4v) is 3.18. The Labute approximate surface area is 98.5 Å². The maximum Gasteiger partial charge on any atom is 0.0558 e. The van der Waals surface area contributed by atoms with Gasteiger partial charge < -0.3 is 5.11 Å². The molecule has 2 nitrogen and oxygen atoms in total. The van der Waals surface area contributed by atoms with Crippen LogP contribution in [0.4, 0.5) is 0 Å². The lowest BCUT2D eigenvalue weighted by Gasteiger charge is -2.31. The quantitative estimate of drug-likeness (QED) is 0.680. The Kier molecular flexibility index (Phi) is 3.97. The van der Waals surface area contributed by atoms with Gasteiger partial charge in [0.2, 0.25) is 0 Å². The lowest BCUT2D eigenvalue weighted by atomic mass is 10.1. The first-order valence-electron chi connectivity index (χ1n) is 6.25. The topological polar surface area (TPSA) is 23.5 Å². The summed E-state index contributed by atoms with van der Waals surface area (Å²) >= 11 is 4.46. The van der Waals surface area contributed by atoms with E-state index < -0.39 is 0 Å². The van der Waals surface area contributed by atoms with Crippen molar-refractivity contribution in [2.45, 2.75) is 44.6 Å². The van der Waals surface area contributed by atoms with Crippen molar-refractivity contribution >= 4 is 12.6 Å². The molecule has 1 N–H and O–H groups in total. The minimum absolute atomic E-state index is 0.305. The van der Waals surface area contributed by atoms with Crippen LogP contribution in [0.5, 0.6) is 0 Å². The molecule has 0 atom stereocenters. The van der Waals surface area contributed by atoms with Crippen LogP contribution < -0.4 is 0 Å². The Morgan fingerprint density at radius 3 is 2.40 bits per heavy atom. The number of hydrogen-bond acceptors (Lipinski definition) is 3. The predicted octanol–water partition coefficient (Wildman–Crippen LogP) is 1.93. The molecule has 0 aromatic carbocycles. The van der Waals surface area contributed by atoms with Crippen molar-refractivity contribution in [3.05, 3.63) is 0 Å². The molecule has 0 aromatic rings. The number of rotatable bonds is 6. The second-order valence-electron chi connectivity index (χ2n) is 5.29. The third-order valence-corrected chi connectivity index (χ3v) is 4.73. The van der Waals surface area contributed by atoms with Gasteiger partial charge in [0.05, 0.1) is 6.61 Å². The van der Waals surface area contributed by atoms with Crippen molar-refractivity contribution in [2.75, 3.05) is 25.4 Å². The van der Waals surface area contributed by atoms with Gasteiger partial charge in [-0.1, -0.05) is 12.8 Å². The Morgan fingerprint density at radius 1 is 1.27 bits per heavy atom. The van der Waals surface area contributed by atoms with Crippen LogP contribution in [-0.2, 0) is 0 Å². The van der Waals surface area contributed by atoms with Crippen LogP contribution >= 0.6 is 12.6 Å². The molecule has 0 aliphatic heterocycles. The first kappa shape index (κ1) is 11.7. The average Bonchev–Trinajstić information content (AvgIpc) is 2.81. The van der Waals surface area contributed by atoms with Crippen molar-refractivity contribution in [1.29, 1.82) is 0 Å². The number of nitrogens with zero attached hydrogens (tertiary/aromatic N) is 1. The van der Waals surface area contributed by atoms with Crippen LogP contribution in [0.3, 0.4) is 0 Å². The molecule has 0 radical (unpaired) electrons. The zero-order chi connectivity index (χ0) is 10.7. The van der Waals surface area contributed by atoms with Gasteiger partial charge in [0, 0.05) is 19.1 Å². The molecule has 0 amide bonds. The van der Waals surface area contributed by atoms with E-state index in [0.717, 1.165) is 18.3 Å². The fourth-order valence-electron chi connectivity index (χ4n) is 2.76. The van der Waals surface area contributed by atoms with Crippen molar-refractivity contribution in [3.8, 4) is 0 Å². The lowest BCUT2D eigenvalue weighted by Crippen LogP contribution is -2.40. The normalized spacial score (nSPS) is 25.0. The summed E-state index contributed by atoms with van der Waals surface area (Å²) in [4.78, 5) is 2.52. The molecule has 3 heteroatoms. The van der Waals surface area contributed by atoms with E-state index in [0.29, 0.717) is 12.0 Å². The van der Waals surface area contributed by atoms with E-state index in [2.05, 4.69) is 17.5 Å². The smallest absolute Gasteiger partial charge is 0.0558 e. The summed E-state index contributed by atoms with van der Waals surface area (Å²) in [6.07, 6.45) is 8.10. The summed E-state index contributed by atoms with van der Waals surface area (Å²) < 4.78 is 0. The molecule has 0 aromatic heterocycles. The molecule has 0 spiro atoms. The highest BCUT2D eigenvalue weighted by atomic mass is 32.1. The van der Waals surface area contributed by atoms with E-state index in [1.165, 1.54) is 45.1 Å². The molecule has 2 aliphatic carbocycles. The van der Waals surface area contributed by atoms with Gasteiger partial charge in [-0.2, -0.15) is 12.6 Å². The molecular weight excluding hydrogens is 206 g/mol. The Bertz CT molecular complexity index is 200. The first-order chi connectivity index (χ1) is 7.29. The standard InChI is InChI=1S/C12H23NOS/c14-8-7-13(11-3-1-2-4-11)9-12(10-15)5-6-12/h11,14-15H,1-10H2. The maximum atomic E-state index is 9.13. The summed E-state index contributed by atoms with van der Waals surface area (Å²) in [5.74, 6) is 1.02. The molecule has 0 saturated heterocycles. The third-order valence-electron chi connectivity index (χ3n) is 4.06. The van der Waals surface area contributed by atoms with Crippen LogP contribution in [-0.4, -0.2) is 41.5 Å². The van der Waals surface area contributed by atoms with E-state index in [9.17, 15) is 0 Å². The molecular formula is C12H23NOS. The van der Waals surface area contributed by atoms with E-state index in [4.69, 9.17) is 5.11 Å². The zero-order valence-corrected chi connectivity index (χ0v) is 10.4. The first-order valence-corrected chi connectivity index (χ1v) is 6.89. The Balaban J connectivity index is 1.87. The molecule has 0 unspecified atom stereocenters. The zero-order valence-electron chi connectivity index (χ0n) is 9.49. The SMILES string of the molecule is OCCN(CC1(CS)CC1)C1CCCC1. The van der Waals surface area contributed by atoms with Gasteiger partial charge in [-0.3, -0.25) is 4.90 Å². The van der Waals surface area contributed by atoms with Gasteiger partial charge in [-0.25, -0.2) is 0 Å². The molecule has 15 heavy (non-hydrogen) atoms. The molecule has 2 aliphatic rings. The van der Waals surface area contributed by atoms with Gasteiger partial charge in [-0.15, -0.1) is 0 Å². The predicted molar refractivity (Wildman–Crippen MR) is 66.4 cm³/mol. The molecule has 0 heterocycles. The number of hydrogen-bond donors (Lipinski definition) is 2. The molecule has 2 saturated carbocycles. The Morgan fingerprint density at radius 2 is 1.93 bits per heavy atom. The Hall–Kier alpha value is 0.270. The van der Waals surface area contributed by atoms with E-state index in [1.54, 1.807) is 0 Å². The summed E-state index contributed by atoms with van der Waals surface area (Å²) in [5, 5.41) is 9.13. The van der Waals surface area contributed by atoms with Gasteiger partial charge in [-0.05, 0) is 36.9 Å². The van der Waals surface area contributed by atoms with Gasteiger partial charge in [0.1, 0.15) is 0 Å². The third kappa shape index (κ3) is 2.89. The number of aliphatic hydroxyl groups is 1. The van der Waals surface area contributed by atoms with Crippen LogP contribution in [0.25, 0.3) is 0 Å². The van der Waals surface area contributed by atoms with Crippen LogP contribution in [0.2, 0.25) is 0 Å². The monoisotopic (exact) mass is 229 g/mol. The van der Waals surface area contributed by atoms with Crippen LogP contribution in [0.15, 0.2) is 0 Å². The van der Waals surface area contributed by atoms with Crippen molar-refractivity contribution < 1.29 is 5.11 Å². The van der Waals surface area contributed by atoms with E-state index in [1.807, 2.05) is 0 Å². The minimum atomic E-state index is 0.305. The lowest BCUT2D eigenvalue weighted by molar-refractivity contribution is 0.130. The largest absolute Gasteiger partial charge is 0.395 e. The van der Waals surface area contributed by atoms with Crippen LogP contribution in [0.1, 0.15) is 38.5 Å². The second-order valence-corrected chi connectivity index (χ2v) is 5.61. The summed E-state index contributed by atoms with van der Waals surface area (Å²) in [6, 6.07) is 0.745. The van der Waals surface area contributed by atoms with Crippen molar-refractivity contribution in [2.24, 2.45) is 5.41 Å². The fraction of sp³-hybridized carbons (Fsp3) is 1.00. The van der Waals surface area contributed by atoms with Crippen molar-refractivity contribution in [1.82, 2.24) is 4.90 Å². The highest BCUT2D eigenvalue weighted by molar-refractivity contribution is 7.80. The van der Waals surface area contributed by atoms with Gasteiger partial charge >= 0.3 is 0 Å².